The number of aliphatic hydroxyl groups is 1. The predicted molar refractivity (Wildman–Crippen MR) is 79.4 cm³/mol. The molecule has 1 aliphatic carbocycles. The van der Waals surface area contributed by atoms with Crippen molar-refractivity contribution in [1.29, 1.82) is 0 Å². The van der Waals surface area contributed by atoms with Gasteiger partial charge < -0.3 is 15.7 Å². The Morgan fingerprint density at radius 3 is 2.89 bits per heavy atom. The highest BCUT2D eigenvalue weighted by Gasteiger charge is 2.19. The molecule has 0 aliphatic heterocycles. The summed E-state index contributed by atoms with van der Waals surface area (Å²) in [6, 6.07) is 4.89. The second kappa shape index (κ2) is 6.41. The van der Waals surface area contributed by atoms with Crippen LogP contribution in [-0.2, 0) is 0 Å². The van der Waals surface area contributed by atoms with Crippen LogP contribution < -0.4 is 10.6 Å². The van der Waals surface area contributed by atoms with Gasteiger partial charge in [0.05, 0.1) is 10.7 Å². The topological polar surface area (TPSA) is 61.4 Å². The van der Waals surface area contributed by atoms with Gasteiger partial charge in [0.25, 0.3) is 0 Å². The highest BCUT2D eigenvalue weighted by molar-refractivity contribution is 9.10. The lowest BCUT2D eigenvalue weighted by molar-refractivity contribution is 0.238. The molecule has 2 atom stereocenters. The van der Waals surface area contributed by atoms with Gasteiger partial charge in [-0.25, -0.2) is 4.79 Å². The first-order chi connectivity index (χ1) is 9.08. The molecule has 1 aromatic rings. The molecule has 0 bridgehead atoms. The van der Waals surface area contributed by atoms with E-state index in [1.165, 1.54) is 0 Å². The van der Waals surface area contributed by atoms with E-state index in [-0.39, 0.29) is 24.6 Å². The summed E-state index contributed by atoms with van der Waals surface area (Å²) in [5, 5.41) is 15.0. The largest absolute Gasteiger partial charge is 0.396 e. The molecule has 19 heavy (non-hydrogen) atoms. The smallest absolute Gasteiger partial charge is 0.319 e. The normalized spacial score (nSPS) is 21.4. The quantitative estimate of drug-likeness (QED) is 0.737. The van der Waals surface area contributed by atoms with Crippen molar-refractivity contribution in [3.63, 3.8) is 0 Å². The highest BCUT2D eigenvalue weighted by atomic mass is 79.9. The standard InChI is InChI=1S/C13H14BrClN2O2/c14-9-2-4-12(11(15)6-9)17-13(19)16-10-3-1-8(5-10)7-18/h1-4,6,8,10,18H,5,7H2,(H2,16,17,19)/t8-,10+/m0/s1. The number of nitrogens with one attached hydrogen (secondary N) is 2. The SMILES string of the molecule is O=C(Nc1ccc(Br)cc1Cl)N[C@@H]1C=C[C@H](CO)C1. The average Bonchev–Trinajstić information content (AvgIpc) is 2.80. The highest BCUT2D eigenvalue weighted by Crippen LogP contribution is 2.25. The molecule has 0 fully saturated rings. The number of aliphatic hydroxyl groups excluding tert-OH is 1. The average molecular weight is 346 g/mol. The minimum atomic E-state index is -0.308. The Kier molecular flexibility index (Phi) is 4.85. The molecule has 2 rings (SSSR count). The van der Waals surface area contributed by atoms with Gasteiger partial charge in [-0.05, 0) is 24.6 Å². The lowest BCUT2D eigenvalue weighted by Gasteiger charge is -2.14. The number of hydrogen-bond acceptors (Lipinski definition) is 2. The van der Waals surface area contributed by atoms with Crippen molar-refractivity contribution < 1.29 is 9.90 Å². The van der Waals surface area contributed by atoms with Gasteiger partial charge in [-0.3, -0.25) is 0 Å². The van der Waals surface area contributed by atoms with E-state index in [1.807, 2.05) is 12.2 Å². The number of urea groups is 1. The molecule has 1 aromatic carbocycles. The molecule has 3 N–H and O–H groups in total. The minimum absolute atomic E-state index is 0.0497. The Morgan fingerprint density at radius 2 is 2.26 bits per heavy atom. The second-order valence-corrected chi connectivity index (χ2v) is 5.72. The van der Waals surface area contributed by atoms with Crippen LogP contribution in [0.25, 0.3) is 0 Å². The van der Waals surface area contributed by atoms with Crippen molar-refractivity contribution in [2.45, 2.75) is 12.5 Å². The van der Waals surface area contributed by atoms with Gasteiger partial charge in [-0.15, -0.1) is 0 Å². The molecule has 0 heterocycles. The molecule has 2 amide bonds. The second-order valence-electron chi connectivity index (χ2n) is 4.39. The van der Waals surface area contributed by atoms with Crippen LogP contribution in [0.3, 0.4) is 0 Å². The molecule has 6 heteroatoms. The third-order valence-corrected chi connectivity index (χ3v) is 3.71. The van der Waals surface area contributed by atoms with Crippen LogP contribution in [0.4, 0.5) is 10.5 Å². The van der Waals surface area contributed by atoms with Gasteiger partial charge in [0.2, 0.25) is 0 Å². The molecule has 0 aromatic heterocycles. The summed E-state index contributed by atoms with van der Waals surface area (Å²) in [6.07, 6.45) is 4.53. The molecule has 0 spiro atoms. The number of carbonyl (C=O) groups excluding carboxylic acids is 1. The number of benzene rings is 1. The van der Waals surface area contributed by atoms with Crippen molar-refractivity contribution in [3.05, 3.63) is 39.8 Å². The summed E-state index contributed by atoms with van der Waals surface area (Å²) in [5.74, 6) is 0.126. The number of anilines is 1. The molecule has 4 nitrogen and oxygen atoms in total. The fraction of sp³-hybridized carbons (Fsp3) is 0.308. The number of halogens is 2. The minimum Gasteiger partial charge on any atom is -0.396 e. The maximum atomic E-state index is 11.8. The van der Waals surface area contributed by atoms with Crippen LogP contribution in [0.2, 0.25) is 5.02 Å². The summed E-state index contributed by atoms with van der Waals surface area (Å²) in [4.78, 5) is 11.8. The Balaban J connectivity index is 1.90. The fourth-order valence-electron chi connectivity index (χ4n) is 1.93. The van der Waals surface area contributed by atoms with E-state index in [1.54, 1.807) is 18.2 Å². The molecule has 0 unspecified atom stereocenters. The molecule has 0 saturated heterocycles. The van der Waals surface area contributed by atoms with E-state index in [0.717, 1.165) is 10.9 Å². The Bertz CT molecular complexity index is 507. The van der Waals surface area contributed by atoms with Gasteiger partial charge in [0, 0.05) is 23.0 Å². The van der Waals surface area contributed by atoms with Gasteiger partial charge in [-0.1, -0.05) is 39.7 Å². The maximum absolute atomic E-state index is 11.8. The van der Waals surface area contributed by atoms with E-state index in [0.29, 0.717) is 10.7 Å². The number of carbonyl (C=O) groups is 1. The molecular weight excluding hydrogens is 332 g/mol. The first-order valence-electron chi connectivity index (χ1n) is 5.90. The summed E-state index contributed by atoms with van der Waals surface area (Å²) in [5.41, 5.74) is 0.558. The zero-order valence-corrected chi connectivity index (χ0v) is 12.4. The van der Waals surface area contributed by atoms with E-state index in [9.17, 15) is 4.79 Å². The summed E-state index contributed by atoms with van der Waals surface area (Å²) in [7, 11) is 0. The van der Waals surface area contributed by atoms with Crippen molar-refractivity contribution in [2.24, 2.45) is 5.92 Å². The Labute approximate surface area is 125 Å². The lowest BCUT2D eigenvalue weighted by atomic mass is 10.1. The molecule has 0 saturated carbocycles. The van der Waals surface area contributed by atoms with E-state index in [2.05, 4.69) is 26.6 Å². The van der Waals surface area contributed by atoms with Crippen LogP contribution in [-0.4, -0.2) is 23.8 Å². The predicted octanol–water partition coefficient (Wildman–Crippen LogP) is 3.16. The Hall–Kier alpha value is -1.04. The number of amides is 2. The van der Waals surface area contributed by atoms with Crippen LogP contribution in [0, 0.1) is 5.92 Å². The summed E-state index contributed by atoms with van der Waals surface area (Å²) < 4.78 is 0.855. The first kappa shape index (κ1) is 14.4. The van der Waals surface area contributed by atoms with E-state index in [4.69, 9.17) is 16.7 Å². The fourth-order valence-corrected chi connectivity index (χ4v) is 2.66. The molecule has 0 radical (unpaired) electrons. The first-order valence-corrected chi connectivity index (χ1v) is 7.07. The summed E-state index contributed by atoms with van der Waals surface area (Å²) >= 11 is 9.32. The zero-order valence-electron chi connectivity index (χ0n) is 10.1. The number of rotatable bonds is 3. The van der Waals surface area contributed by atoms with Gasteiger partial charge >= 0.3 is 6.03 Å². The Morgan fingerprint density at radius 1 is 1.47 bits per heavy atom. The van der Waals surface area contributed by atoms with Crippen LogP contribution in [0.1, 0.15) is 6.42 Å². The van der Waals surface area contributed by atoms with Crippen molar-refractivity contribution in [3.8, 4) is 0 Å². The van der Waals surface area contributed by atoms with E-state index >= 15 is 0 Å². The van der Waals surface area contributed by atoms with Gasteiger partial charge in [0.15, 0.2) is 0 Å². The lowest BCUT2D eigenvalue weighted by Crippen LogP contribution is -2.36. The zero-order chi connectivity index (χ0) is 13.8. The van der Waals surface area contributed by atoms with Gasteiger partial charge in [0.1, 0.15) is 0 Å². The molecule has 1 aliphatic rings. The molecule has 102 valence electrons. The number of hydrogen-bond donors (Lipinski definition) is 3. The van der Waals surface area contributed by atoms with Crippen LogP contribution in [0.5, 0.6) is 0 Å². The van der Waals surface area contributed by atoms with Crippen LogP contribution in [0.15, 0.2) is 34.8 Å². The monoisotopic (exact) mass is 344 g/mol. The van der Waals surface area contributed by atoms with Crippen LogP contribution >= 0.6 is 27.5 Å². The van der Waals surface area contributed by atoms with E-state index < -0.39 is 0 Å². The van der Waals surface area contributed by atoms with Gasteiger partial charge in [-0.2, -0.15) is 0 Å². The third kappa shape index (κ3) is 3.96. The maximum Gasteiger partial charge on any atom is 0.319 e. The summed E-state index contributed by atoms with van der Waals surface area (Å²) in [6.45, 7) is 0.106. The van der Waals surface area contributed by atoms with Crippen molar-refractivity contribution in [2.75, 3.05) is 11.9 Å². The van der Waals surface area contributed by atoms with Crippen molar-refractivity contribution >= 4 is 39.2 Å². The van der Waals surface area contributed by atoms with Crippen molar-refractivity contribution in [1.82, 2.24) is 5.32 Å². The molecular formula is C13H14BrClN2O2. The third-order valence-electron chi connectivity index (χ3n) is 2.90.